The van der Waals surface area contributed by atoms with Gasteiger partial charge >= 0.3 is 12.1 Å². The topological polar surface area (TPSA) is 312 Å². The third-order valence-electron chi connectivity index (χ3n) is 14.8. The lowest BCUT2D eigenvalue weighted by Gasteiger charge is -2.37. The zero-order chi connectivity index (χ0) is 61.1. The largest absolute Gasteiger partial charge is 0.481 e. The van der Waals surface area contributed by atoms with Gasteiger partial charge in [-0.1, -0.05) is 135 Å². The minimum absolute atomic E-state index is 0.203. The first-order chi connectivity index (χ1) is 40.1. The lowest BCUT2D eigenvalue weighted by atomic mass is 9.77. The fourth-order valence-electron chi connectivity index (χ4n) is 10.4. The van der Waals surface area contributed by atoms with Crippen LogP contribution in [0.25, 0.3) is 21.3 Å². The maximum Gasteiger partial charge on any atom is 0.419 e. The molecule has 84 heavy (non-hydrogen) atoms. The van der Waals surface area contributed by atoms with Crippen LogP contribution in [0.5, 0.6) is 0 Å². The standard InChI is InChI=1S/C62H77N11O11/c1-8-39(2)55(68-57(80)49(65-52(75)31-32-54(77)78)36-53(76)69-62(42-22-12-9-13-23-42,43-24-14-10-15-25-43)44-26-16-11-17-27-44)59(82)72-38-45(70-71-63)35-51(72)58(81)67-48(56(79)66-47(40(3)74)29-20-21-33-64-7)34-41-37-73(60(83)84-61(4,5)6)50-30-19-18-28-46(41)50/h9-19,22-28,30,37,39,45,47-49,51,55,64H,8,20-21,29,31-36,38H2,1-7H3,(H,65,75)(H,66,79)(H,67,81)(H,68,80)(H,69,76)(H,77,78)/t39-,45-,47-,48-,49-,51-,55-/m0/s1. The van der Waals surface area contributed by atoms with E-state index >= 15 is 4.79 Å². The molecule has 22 nitrogen and oxygen atoms in total. The van der Waals surface area contributed by atoms with Crippen LogP contribution in [0, 0.1) is 5.92 Å². The van der Waals surface area contributed by atoms with Crippen molar-refractivity contribution in [1.82, 2.24) is 41.4 Å². The second-order valence-electron chi connectivity index (χ2n) is 22.1. The SMILES string of the molecule is CC[C@H](C)[C@H](NC(=O)[C@H](CC(=O)NC(c1ccccc1)(c1ccccc1)c1ccccc1)NC(=O)CCC(=O)O)C(=O)N1C[C@@H](N=[N+]=[N-])C[C@H]1C(=O)N[C@@H](Cc1cn(C(=O)OC(C)(C)C)c2ccccc12)C(=O)N[C@@H](CCCCNC)C(C)=O. The fourth-order valence-corrected chi connectivity index (χ4v) is 10.4. The number of hydrogen-bond donors (Lipinski definition) is 7. The van der Waals surface area contributed by atoms with Gasteiger partial charge in [-0.05, 0) is 107 Å². The molecule has 7 N–H and O–H groups in total. The number of nitrogens with zero attached hydrogens (tertiary/aromatic N) is 5. The number of ether oxygens (including phenoxy) is 1. The van der Waals surface area contributed by atoms with Gasteiger partial charge in [-0.15, -0.1) is 0 Å². The zero-order valence-electron chi connectivity index (χ0n) is 48.6. The van der Waals surface area contributed by atoms with E-state index in [4.69, 9.17) is 4.74 Å². The predicted molar refractivity (Wildman–Crippen MR) is 315 cm³/mol. The Kier molecular flexibility index (Phi) is 22.9. The highest BCUT2D eigenvalue weighted by Gasteiger charge is 2.45. The molecular formula is C62H77N11O11. The van der Waals surface area contributed by atoms with Gasteiger partial charge in [-0.3, -0.25) is 42.9 Å². The molecule has 1 fully saturated rings. The maximum atomic E-state index is 15.2. The number of carbonyl (C=O) groups excluding carboxylic acids is 8. The number of amides is 6. The maximum absolute atomic E-state index is 15.2. The van der Waals surface area contributed by atoms with Gasteiger partial charge in [0.1, 0.15) is 35.3 Å². The molecule has 0 radical (unpaired) electrons. The molecule has 0 unspecified atom stereocenters. The highest BCUT2D eigenvalue weighted by molar-refractivity contribution is 5.99. The lowest BCUT2D eigenvalue weighted by molar-refractivity contribution is -0.144. The van der Waals surface area contributed by atoms with Crippen LogP contribution in [0.15, 0.2) is 127 Å². The Bertz CT molecular complexity index is 3080. The minimum Gasteiger partial charge on any atom is -0.481 e. The molecule has 0 saturated carbocycles. The van der Waals surface area contributed by atoms with Crippen molar-refractivity contribution in [3.63, 3.8) is 0 Å². The number of likely N-dealkylation sites (tertiary alicyclic amines) is 1. The second-order valence-corrected chi connectivity index (χ2v) is 22.1. The van der Waals surface area contributed by atoms with E-state index in [1.807, 2.05) is 91.0 Å². The molecule has 6 amide bonds. The fraction of sp³-hybridized carbons (Fsp3) is 0.435. The quantitative estimate of drug-likeness (QED) is 0.00919. The summed E-state index contributed by atoms with van der Waals surface area (Å²) in [7, 11) is 1.80. The Balaban J connectivity index is 1.34. The molecule has 6 rings (SSSR count). The number of aromatic nitrogens is 1. The molecule has 446 valence electrons. The summed E-state index contributed by atoms with van der Waals surface area (Å²) >= 11 is 0. The summed E-state index contributed by atoms with van der Waals surface area (Å²) in [6, 6.07) is 26.6. The van der Waals surface area contributed by atoms with Gasteiger partial charge < -0.3 is 46.6 Å². The van der Waals surface area contributed by atoms with Crippen molar-refractivity contribution in [3.8, 4) is 0 Å². The normalized spacial score (nSPS) is 15.9. The number of para-hydroxylation sites is 1. The van der Waals surface area contributed by atoms with Crippen LogP contribution in [0.3, 0.4) is 0 Å². The molecular weight excluding hydrogens is 1070 g/mol. The first kappa shape index (κ1) is 64.3. The zero-order valence-corrected chi connectivity index (χ0v) is 48.6. The number of fused-ring (bicyclic) bond motifs is 1. The van der Waals surface area contributed by atoms with Crippen LogP contribution < -0.4 is 31.9 Å². The van der Waals surface area contributed by atoms with Crippen molar-refractivity contribution in [2.45, 2.75) is 147 Å². The lowest BCUT2D eigenvalue weighted by Crippen LogP contribution is -2.60. The summed E-state index contributed by atoms with van der Waals surface area (Å²) < 4.78 is 7.01. The number of unbranched alkanes of at least 4 members (excludes halogenated alkanes) is 1. The Hall–Kier alpha value is -8.88. The second kappa shape index (κ2) is 29.9. The van der Waals surface area contributed by atoms with Crippen LogP contribution in [0.2, 0.25) is 0 Å². The molecule has 0 bridgehead atoms. The van der Waals surface area contributed by atoms with E-state index in [1.165, 1.54) is 17.7 Å². The Morgan fingerprint density at radius 2 is 1.33 bits per heavy atom. The predicted octanol–water partition coefficient (Wildman–Crippen LogP) is 6.57. The number of aliphatic carboxylic acids is 1. The number of carboxylic acid groups (broad SMARTS) is 1. The number of benzene rings is 4. The van der Waals surface area contributed by atoms with E-state index in [2.05, 4.69) is 41.9 Å². The summed E-state index contributed by atoms with van der Waals surface area (Å²) in [4.78, 5) is 130. The molecule has 0 spiro atoms. The smallest absolute Gasteiger partial charge is 0.419 e. The monoisotopic (exact) mass is 1150 g/mol. The third-order valence-corrected chi connectivity index (χ3v) is 14.8. The van der Waals surface area contributed by atoms with E-state index < -0.39 is 120 Å². The van der Waals surface area contributed by atoms with Crippen LogP contribution in [-0.2, 0) is 55.1 Å². The molecule has 1 aliphatic rings. The van der Waals surface area contributed by atoms with Crippen LogP contribution in [-0.4, -0.2) is 130 Å². The first-order valence-electron chi connectivity index (χ1n) is 28.3. The van der Waals surface area contributed by atoms with Gasteiger partial charge in [0.15, 0.2) is 5.78 Å². The van der Waals surface area contributed by atoms with E-state index in [9.17, 15) is 49.0 Å². The number of Topliss-reactive ketones (excluding diaryl/α,β-unsaturated/α-hetero) is 1. The molecule has 22 heteroatoms. The molecule has 1 saturated heterocycles. The van der Waals surface area contributed by atoms with Crippen molar-refractivity contribution in [1.29, 1.82) is 0 Å². The molecule has 1 aliphatic heterocycles. The van der Waals surface area contributed by atoms with Gasteiger partial charge in [0.25, 0.3) is 0 Å². The van der Waals surface area contributed by atoms with E-state index in [1.54, 1.807) is 65.9 Å². The molecule has 1 aromatic heterocycles. The van der Waals surface area contributed by atoms with Gasteiger partial charge in [0.05, 0.1) is 30.4 Å². The van der Waals surface area contributed by atoms with E-state index in [0.29, 0.717) is 59.0 Å². The number of hydrogen-bond acceptors (Lipinski definition) is 12. The average Bonchev–Trinajstić information content (AvgIpc) is 2.14. The van der Waals surface area contributed by atoms with Gasteiger partial charge in [-0.2, -0.15) is 0 Å². The summed E-state index contributed by atoms with van der Waals surface area (Å²) in [6.45, 7) is 10.4. The number of azide groups is 1. The molecule has 5 aromatic rings. The third kappa shape index (κ3) is 16.9. The highest BCUT2D eigenvalue weighted by Crippen LogP contribution is 2.37. The number of carboxylic acids is 1. The summed E-state index contributed by atoms with van der Waals surface area (Å²) in [5.41, 5.74) is 10.4. The van der Waals surface area contributed by atoms with Gasteiger partial charge in [0.2, 0.25) is 35.4 Å². The summed E-state index contributed by atoms with van der Waals surface area (Å²) in [5, 5.41) is 31.1. The molecule has 7 atom stereocenters. The first-order valence-corrected chi connectivity index (χ1v) is 28.3. The van der Waals surface area contributed by atoms with Crippen molar-refractivity contribution < 1.29 is 53.0 Å². The molecule has 4 aromatic carbocycles. The summed E-state index contributed by atoms with van der Waals surface area (Å²) in [6.07, 6.45) is 0.495. The average molecular weight is 1150 g/mol. The van der Waals surface area contributed by atoms with E-state index in [-0.39, 0.29) is 31.6 Å². The van der Waals surface area contributed by atoms with Crippen molar-refractivity contribution in [2.24, 2.45) is 11.0 Å². The minimum atomic E-state index is -1.68. The molecule has 0 aliphatic carbocycles. The Labute approximate surface area is 488 Å². The number of nitrogens with one attached hydrogen (secondary N) is 6. The number of ketones is 1. The summed E-state index contributed by atoms with van der Waals surface area (Å²) in [5.74, 6) is -7.15. The Morgan fingerprint density at radius 1 is 0.750 bits per heavy atom. The molecule has 2 heterocycles. The Morgan fingerprint density at radius 3 is 1.88 bits per heavy atom. The van der Waals surface area contributed by atoms with Gasteiger partial charge in [-0.25, -0.2) is 4.79 Å². The van der Waals surface area contributed by atoms with Crippen molar-refractivity contribution >= 4 is 64.2 Å². The van der Waals surface area contributed by atoms with Crippen LogP contribution in [0.1, 0.15) is 115 Å². The van der Waals surface area contributed by atoms with Crippen LogP contribution in [0.4, 0.5) is 4.79 Å². The number of rotatable bonds is 28. The van der Waals surface area contributed by atoms with Gasteiger partial charge in [0, 0.05) is 35.9 Å². The van der Waals surface area contributed by atoms with E-state index in [0.717, 1.165) is 4.90 Å². The highest BCUT2D eigenvalue weighted by atomic mass is 16.6. The number of carbonyl (C=O) groups is 9. The van der Waals surface area contributed by atoms with Crippen molar-refractivity contribution in [2.75, 3.05) is 20.1 Å². The van der Waals surface area contributed by atoms with Crippen LogP contribution >= 0.6 is 0 Å². The van der Waals surface area contributed by atoms with Crippen molar-refractivity contribution in [3.05, 3.63) is 154 Å².